The fourth-order valence-corrected chi connectivity index (χ4v) is 2.71. The molecule has 0 atom stereocenters. The Morgan fingerprint density at radius 2 is 1.41 bits per heavy atom. The van der Waals surface area contributed by atoms with Crippen LogP contribution in [0, 0.1) is 0 Å². The summed E-state index contributed by atoms with van der Waals surface area (Å²) in [5, 5.41) is 13.3. The van der Waals surface area contributed by atoms with E-state index in [1.807, 2.05) is 20.8 Å². The van der Waals surface area contributed by atoms with Gasteiger partial charge in [0.2, 0.25) is 0 Å². The highest BCUT2D eigenvalue weighted by atomic mass is 16.3. The largest absolute Gasteiger partial charge is 0.507 e. The molecule has 0 saturated carbocycles. The second-order valence-electron chi connectivity index (χ2n) is 6.46. The maximum absolute atomic E-state index is 12.8. The van der Waals surface area contributed by atoms with Gasteiger partial charge in [-0.2, -0.15) is 0 Å². The minimum absolute atomic E-state index is 0.0814. The van der Waals surface area contributed by atoms with E-state index >= 15 is 0 Å². The number of fused-ring (bicyclic) bond motifs is 2. The molecule has 0 heterocycles. The first-order valence-electron chi connectivity index (χ1n) is 7.12. The Morgan fingerprint density at radius 3 is 1.95 bits per heavy atom. The second-order valence-corrected chi connectivity index (χ2v) is 6.46. The van der Waals surface area contributed by atoms with Crippen molar-refractivity contribution < 1.29 is 14.7 Å². The van der Waals surface area contributed by atoms with E-state index in [0.717, 1.165) is 0 Å². The van der Waals surface area contributed by atoms with Crippen LogP contribution in [0.5, 0.6) is 5.75 Å². The van der Waals surface area contributed by atoms with Crippen LogP contribution in [0.3, 0.4) is 0 Å². The van der Waals surface area contributed by atoms with E-state index in [9.17, 15) is 14.7 Å². The molecule has 0 spiro atoms. The SMILES string of the molecule is CC(C)(C)Nc1ccc(O)c2c1C(=O)c1ccccc1C2=O. The van der Waals surface area contributed by atoms with E-state index in [1.165, 1.54) is 6.07 Å². The van der Waals surface area contributed by atoms with Crippen LogP contribution in [0.25, 0.3) is 0 Å². The topological polar surface area (TPSA) is 66.4 Å². The van der Waals surface area contributed by atoms with Crippen LogP contribution in [0.2, 0.25) is 0 Å². The lowest BCUT2D eigenvalue weighted by atomic mass is 9.82. The highest BCUT2D eigenvalue weighted by Crippen LogP contribution is 2.37. The molecule has 2 N–H and O–H groups in total. The van der Waals surface area contributed by atoms with Crippen LogP contribution in [-0.4, -0.2) is 22.2 Å². The normalized spacial score (nSPS) is 13.6. The Balaban J connectivity index is 2.27. The van der Waals surface area contributed by atoms with Crippen LogP contribution in [0.4, 0.5) is 5.69 Å². The molecule has 4 nitrogen and oxygen atoms in total. The summed E-state index contributed by atoms with van der Waals surface area (Å²) in [5.74, 6) is -0.726. The van der Waals surface area contributed by atoms with Crippen LogP contribution in [-0.2, 0) is 0 Å². The molecule has 0 bridgehead atoms. The zero-order valence-electron chi connectivity index (χ0n) is 12.7. The van der Waals surface area contributed by atoms with Crippen molar-refractivity contribution in [2.24, 2.45) is 0 Å². The van der Waals surface area contributed by atoms with Gasteiger partial charge in [-0.05, 0) is 32.9 Å². The summed E-state index contributed by atoms with van der Waals surface area (Å²) in [7, 11) is 0. The van der Waals surface area contributed by atoms with Gasteiger partial charge < -0.3 is 10.4 Å². The number of phenolic OH excluding ortho intramolecular Hbond substituents is 1. The first-order valence-corrected chi connectivity index (χ1v) is 7.12. The number of carbonyl (C=O) groups excluding carboxylic acids is 2. The average molecular weight is 295 g/mol. The molecule has 1 aliphatic carbocycles. The van der Waals surface area contributed by atoms with Gasteiger partial charge in [-0.25, -0.2) is 0 Å². The van der Waals surface area contributed by atoms with Crippen molar-refractivity contribution in [3.05, 3.63) is 58.7 Å². The fourth-order valence-electron chi connectivity index (χ4n) is 2.71. The number of hydrogen-bond acceptors (Lipinski definition) is 4. The van der Waals surface area contributed by atoms with Crippen LogP contribution >= 0.6 is 0 Å². The van der Waals surface area contributed by atoms with Crippen LogP contribution in [0.15, 0.2) is 36.4 Å². The number of ketones is 2. The monoisotopic (exact) mass is 295 g/mol. The predicted octanol–water partition coefficient (Wildman–Crippen LogP) is 3.38. The Labute approximate surface area is 128 Å². The standard InChI is InChI=1S/C18H17NO3/c1-18(2,3)19-12-8-9-13(20)15-14(12)16(21)10-6-4-5-7-11(10)17(15)22/h4-9,19-20H,1-3H3. The summed E-state index contributed by atoms with van der Waals surface area (Å²) in [6, 6.07) is 9.79. The molecule has 0 aromatic heterocycles. The number of carbonyl (C=O) groups is 2. The lowest BCUT2D eigenvalue weighted by Gasteiger charge is -2.27. The number of phenols is 1. The summed E-state index contributed by atoms with van der Waals surface area (Å²) in [6.45, 7) is 5.90. The van der Waals surface area contributed by atoms with Crippen LogP contribution in [0.1, 0.15) is 52.6 Å². The van der Waals surface area contributed by atoms with E-state index < -0.39 is 0 Å². The summed E-state index contributed by atoms with van der Waals surface area (Å²) < 4.78 is 0. The quantitative estimate of drug-likeness (QED) is 0.675. The van der Waals surface area contributed by atoms with E-state index in [1.54, 1.807) is 30.3 Å². The van der Waals surface area contributed by atoms with Gasteiger partial charge in [0.1, 0.15) is 5.75 Å². The minimum Gasteiger partial charge on any atom is -0.507 e. The number of rotatable bonds is 1. The molecule has 0 aliphatic heterocycles. The van der Waals surface area contributed by atoms with Crippen molar-refractivity contribution in [1.82, 2.24) is 0 Å². The van der Waals surface area contributed by atoms with Crippen molar-refractivity contribution in [1.29, 1.82) is 0 Å². The number of benzene rings is 2. The molecule has 0 radical (unpaired) electrons. The Bertz CT molecular complexity index is 800. The smallest absolute Gasteiger partial charge is 0.198 e. The molecule has 0 saturated heterocycles. The van der Waals surface area contributed by atoms with Crippen molar-refractivity contribution >= 4 is 17.3 Å². The van der Waals surface area contributed by atoms with Gasteiger partial charge >= 0.3 is 0 Å². The van der Waals surface area contributed by atoms with Gasteiger partial charge in [-0.1, -0.05) is 24.3 Å². The summed E-state index contributed by atoms with van der Waals surface area (Å²) in [5.41, 5.74) is 1.33. The molecule has 1 aliphatic rings. The third kappa shape index (κ3) is 2.17. The number of aromatic hydroxyl groups is 1. The third-order valence-electron chi connectivity index (χ3n) is 3.56. The second kappa shape index (κ2) is 4.70. The third-order valence-corrected chi connectivity index (χ3v) is 3.56. The maximum atomic E-state index is 12.8. The molecule has 0 amide bonds. The van der Waals surface area contributed by atoms with Gasteiger partial charge in [-0.3, -0.25) is 9.59 Å². The number of anilines is 1. The molecular formula is C18H17NO3. The maximum Gasteiger partial charge on any atom is 0.198 e. The molecule has 2 aromatic carbocycles. The fraction of sp³-hybridized carbons (Fsp3) is 0.222. The lowest BCUT2D eigenvalue weighted by Crippen LogP contribution is -2.29. The first kappa shape index (κ1) is 14.3. The summed E-state index contributed by atoms with van der Waals surface area (Å²) in [6.07, 6.45) is 0. The number of nitrogens with one attached hydrogen (secondary N) is 1. The lowest BCUT2D eigenvalue weighted by molar-refractivity contribution is 0.0977. The van der Waals surface area contributed by atoms with Crippen molar-refractivity contribution in [2.75, 3.05) is 5.32 Å². The van der Waals surface area contributed by atoms with Crippen LogP contribution < -0.4 is 5.32 Å². The molecule has 22 heavy (non-hydrogen) atoms. The zero-order valence-corrected chi connectivity index (χ0v) is 12.7. The summed E-state index contributed by atoms with van der Waals surface area (Å²) in [4.78, 5) is 25.5. The van der Waals surface area contributed by atoms with Crippen molar-refractivity contribution in [2.45, 2.75) is 26.3 Å². The van der Waals surface area contributed by atoms with Crippen molar-refractivity contribution in [3.8, 4) is 5.75 Å². The molecule has 2 aromatic rings. The highest BCUT2D eigenvalue weighted by Gasteiger charge is 2.34. The molecule has 112 valence electrons. The van der Waals surface area contributed by atoms with Gasteiger partial charge in [0.15, 0.2) is 11.6 Å². The summed E-state index contributed by atoms with van der Waals surface area (Å²) >= 11 is 0. The van der Waals surface area contributed by atoms with E-state index in [0.29, 0.717) is 16.8 Å². The molecular weight excluding hydrogens is 278 g/mol. The van der Waals surface area contributed by atoms with Gasteiger partial charge in [0, 0.05) is 22.4 Å². The average Bonchev–Trinajstić information content (AvgIpc) is 2.45. The zero-order chi connectivity index (χ0) is 16.1. The van der Waals surface area contributed by atoms with Gasteiger partial charge in [0.25, 0.3) is 0 Å². The first-order chi connectivity index (χ1) is 10.3. The Morgan fingerprint density at radius 1 is 0.864 bits per heavy atom. The van der Waals surface area contributed by atoms with Gasteiger partial charge in [-0.15, -0.1) is 0 Å². The minimum atomic E-state index is -0.319. The molecule has 0 unspecified atom stereocenters. The number of hydrogen-bond donors (Lipinski definition) is 2. The van der Waals surface area contributed by atoms with E-state index in [2.05, 4.69) is 5.32 Å². The van der Waals surface area contributed by atoms with Gasteiger partial charge in [0.05, 0.1) is 11.1 Å². The predicted molar refractivity (Wildman–Crippen MR) is 84.8 cm³/mol. The molecule has 0 fully saturated rings. The van der Waals surface area contributed by atoms with Crippen molar-refractivity contribution in [3.63, 3.8) is 0 Å². The molecule has 4 heteroatoms. The Kier molecular flexibility index (Phi) is 3.06. The van der Waals surface area contributed by atoms with E-state index in [-0.39, 0.29) is 34.0 Å². The molecule has 3 rings (SSSR count). The van der Waals surface area contributed by atoms with E-state index in [4.69, 9.17) is 0 Å². The highest BCUT2D eigenvalue weighted by molar-refractivity contribution is 6.31. The Hall–Kier alpha value is -2.62.